The van der Waals surface area contributed by atoms with Crippen molar-refractivity contribution in [2.45, 2.75) is 147 Å². The molecule has 6 unspecified atom stereocenters. The summed E-state index contributed by atoms with van der Waals surface area (Å²) in [5.41, 5.74) is 3.01. The number of rotatable bonds is 36. The van der Waals surface area contributed by atoms with Gasteiger partial charge < -0.3 is 37.0 Å². The van der Waals surface area contributed by atoms with E-state index in [2.05, 4.69) is 30.9 Å². The molecule has 2 fully saturated rings. The maximum Gasteiger partial charge on any atom is 0.357 e. The zero-order valence-electron chi connectivity index (χ0n) is 45.1. The van der Waals surface area contributed by atoms with Crippen LogP contribution in [0.15, 0.2) is 85.0 Å². The summed E-state index contributed by atoms with van der Waals surface area (Å²) < 4.78 is 72.6. The molecule has 4 aliphatic rings. The van der Waals surface area contributed by atoms with Crippen LogP contribution >= 0.6 is 62.2 Å². The summed E-state index contributed by atoms with van der Waals surface area (Å²) in [4.78, 5) is 47.9. The van der Waals surface area contributed by atoms with Crippen molar-refractivity contribution in [2.24, 2.45) is 11.8 Å². The van der Waals surface area contributed by atoms with Crippen LogP contribution < -0.4 is 0 Å². The number of ether oxygens (including phenoxy) is 4. The van der Waals surface area contributed by atoms with Gasteiger partial charge in [0.2, 0.25) is 0 Å². The Hall–Kier alpha value is -2.76. The van der Waals surface area contributed by atoms with E-state index in [1.54, 1.807) is 78.2 Å². The van der Waals surface area contributed by atoms with E-state index in [0.717, 1.165) is 75.3 Å². The first-order chi connectivity index (χ1) is 36.5. The van der Waals surface area contributed by atoms with Gasteiger partial charge in [-0.1, -0.05) is 107 Å². The number of fused-ring (bicyclic) bond motifs is 4. The highest BCUT2D eigenvalue weighted by Crippen LogP contribution is 2.82. The molecule has 0 aromatic heterocycles. The van der Waals surface area contributed by atoms with Gasteiger partial charge in [0.1, 0.15) is 26.4 Å². The van der Waals surface area contributed by atoms with Crippen LogP contribution in [-0.2, 0) is 67.3 Å². The first-order valence-electron chi connectivity index (χ1n) is 26.8. The minimum atomic E-state index is -3.58. The van der Waals surface area contributed by atoms with Gasteiger partial charge >= 0.3 is 39.1 Å². The molecule has 0 amide bonds. The van der Waals surface area contributed by atoms with E-state index in [-0.39, 0.29) is 79.8 Å². The maximum atomic E-state index is 14.9. The molecule has 2 saturated heterocycles. The molecule has 6 atom stereocenters. The molecule has 2 heterocycles. The van der Waals surface area contributed by atoms with Gasteiger partial charge in [0.25, 0.3) is 0 Å². The Labute approximate surface area is 467 Å². The van der Waals surface area contributed by atoms with E-state index >= 15 is 0 Å². The van der Waals surface area contributed by atoms with Crippen molar-refractivity contribution in [1.29, 1.82) is 0 Å². The molecule has 0 spiro atoms. The summed E-state index contributed by atoms with van der Waals surface area (Å²) in [6.07, 6.45) is 22.0. The Morgan fingerprint density at radius 3 is 1.26 bits per heavy atom. The Morgan fingerprint density at radius 2 is 0.908 bits per heavy atom. The highest BCUT2D eigenvalue weighted by Gasteiger charge is 2.68. The molecule has 6 rings (SSSR count). The van der Waals surface area contributed by atoms with Gasteiger partial charge in [0.15, 0.2) is 7.64 Å². The average Bonchev–Trinajstić information content (AvgIpc) is 4.18. The highest BCUT2D eigenvalue weighted by molar-refractivity contribution is 8.26. The summed E-state index contributed by atoms with van der Waals surface area (Å²) in [6, 6.07) is 14.4. The molecule has 420 valence electrons. The molecule has 0 N–H and O–H groups in total. The van der Waals surface area contributed by atoms with E-state index in [1.165, 1.54) is 19.8 Å². The smallest absolute Gasteiger partial charge is 0.357 e. The minimum Gasteiger partial charge on any atom is -0.462 e. The number of hydrogen-bond acceptors (Lipinski definition) is 18. The normalized spacial score (nSPS) is 24.2. The van der Waals surface area contributed by atoms with Crippen molar-refractivity contribution >= 4 is 86.1 Å². The Kier molecular flexibility index (Phi) is 23.9. The topological polar surface area (TPSA) is 176 Å². The number of thioether (sulfide) groups is 4. The average molecular weight is 1170 g/mol. The number of unbranched alkanes of at least 4 members (excludes halogenated alkanes) is 7. The van der Waals surface area contributed by atoms with Crippen molar-refractivity contribution in [3.05, 3.63) is 107 Å². The lowest BCUT2D eigenvalue weighted by Gasteiger charge is -2.40. The fourth-order valence-electron chi connectivity index (χ4n) is 10.2. The molecule has 14 nitrogen and oxygen atoms in total. The summed E-state index contributed by atoms with van der Waals surface area (Å²) in [5.74, 6) is -0.827. The van der Waals surface area contributed by atoms with Gasteiger partial charge in [-0.3, -0.25) is 13.9 Å². The van der Waals surface area contributed by atoms with Crippen LogP contribution in [-0.4, -0.2) is 93.9 Å². The third-order valence-electron chi connectivity index (χ3n) is 13.7. The molecule has 20 heteroatoms. The van der Waals surface area contributed by atoms with Gasteiger partial charge in [-0.25, -0.2) is 14.4 Å². The van der Waals surface area contributed by atoms with Crippen LogP contribution in [0.25, 0.3) is 0 Å². The zero-order valence-corrected chi connectivity index (χ0v) is 50.1. The van der Waals surface area contributed by atoms with Crippen LogP contribution in [0.3, 0.4) is 0 Å². The zero-order chi connectivity index (χ0) is 54.9. The Balaban J connectivity index is 0.948. The van der Waals surface area contributed by atoms with Crippen molar-refractivity contribution in [2.75, 3.05) is 52.9 Å². The number of esters is 4. The van der Waals surface area contributed by atoms with Crippen LogP contribution in [0.5, 0.6) is 0 Å². The third-order valence-corrected chi connectivity index (χ3v) is 28.9. The van der Waals surface area contributed by atoms with Crippen LogP contribution in [0, 0.1) is 11.8 Å². The predicted octanol–water partition coefficient (Wildman–Crippen LogP) is 14.7. The molecule has 2 aromatic carbocycles. The molecule has 2 aliphatic heterocycles. The minimum absolute atomic E-state index is 0.00463. The largest absolute Gasteiger partial charge is 0.462 e. The number of carbonyl (C=O) groups excluding carboxylic acids is 4. The van der Waals surface area contributed by atoms with Crippen molar-refractivity contribution < 1.29 is 65.4 Å². The van der Waals surface area contributed by atoms with Gasteiger partial charge in [-0.05, 0) is 95.7 Å². The summed E-state index contributed by atoms with van der Waals surface area (Å²) in [5, 5.41) is 0. The van der Waals surface area contributed by atoms with Crippen molar-refractivity contribution in [3.8, 4) is 0 Å². The van der Waals surface area contributed by atoms with Crippen molar-refractivity contribution in [1.82, 2.24) is 0 Å². The monoisotopic (exact) mass is 1160 g/mol. The third kappa shape index (κ3) is 15.6. The second kappa shape index (κ2) is 29.1. The lowest BCUT2D eigenvalue weighted by Crippen LogP contribution is -2.30. The van der Waals surface area contributed by atoms with Gasteiger partial charge in [-0.15, -0.1) is 47.0 Å². The van der Waals surface area contributed by atoms with Gasteiger partial charge in [-0.2, -0.15) is 0 Å². The lowest BCUT2D eigenvalue weighted by atomic mass is 9.96. The molecule has 2 aromatic rings. The fourth-order valence-corrected chi connectivity index (χ4v) is 25.3. The Bertz CT molecular complexity index is 2430. The van der Waals surface area contributed by atoms with Gasteiger partial charge in [0.05, 0.1) is 37.6 Å². The molecular formula is C56H78O14P2S4. The number of carbonyl (C=O) groups is 4. The quantitative estimate of drug-likeness (QED) is 0.0157. The van der Waals surface area contributed by atoms with E-state index in [9.17, 15) is 28.3 Å². The first kappa shape index (κ1) is 62.4. The van der Waals surface area contributed by atoms with E-state index in [0.29, 0.717) is 22.6 Å². The standard InChI is InChI=1S/C56H78O14P2S4/c1-8-67-71(61,68-9-2)55(73-40-44-20-24-46(25-21-44)51(59)65-35-34-63-43(7)57)48-28-32-53(38-48,75-55)30-18-16-14-12-13-15-17-19-31-54-33-29-49(39-54)56(76-54,72(62,69-10-3)70-11-4)74-41-45-22-26-47(27-23-45)52(60)66-37-36-64-50(58)42(5)6/h20-29,32-33,48-49H,5,8-19,30-31,34-41H2,1-4,6-7H3. The summed E-state index contributed by atoms with van der Waals surface area (Å²) in [6.45, 7) is 14.8. The molecule has 0 saturated carbocycles. The van der Waals surface area contributed by atoms with E-state index in [4.69, 9.17) is 37.0 Å². The molecule has 0 radical (unpaired) electrons. The molecule has 4 bridgehead atoms. The lowest BCUT2D eigenvalue weighted by molar-refractivity contribution is -0.142. The first-order valence-corrected chi connectivity index (χ1v) is 33.5. The Morgan fingerprint density at radius 1 is 0.553 bits per heavy atom. The second-order valence-electron chi connectivity index (χ2n) is 19.4. The van der Waals surface area contributed by atoms with Crippen molar-refractivity contribution in [3.63, 3.8) is 0 Å². The van der Waals surface area contributed by atoms with Crippen LogP contribution in [0.1, 0.15) is 150 Å². The maximum absolute atomic E-state index is 14.9. The highest BCUT2D eigenvalue weighted by atomic mass is 32.2. The summed E-state index contributed by atoms with van der Waals surface area (Å²) >= 11 is 6.80. The van der Waals surface area contributed by atoms with Crippen LogP contribution in [0.4, 0.5) is 0 Å². The fraction of sp³-hybridized carbons (Fsp3) is 0.607. The number of allylic oxidation sites excluding steroid dienone is 2. The summed E-state index contributed by atoms with van der Waals surface area (Å²) in [7, 11) is -7.16. The number of benzene rings is 2. The SMILES string of the molecule is C=C(C)C(=O)OCCOC(=O)c1ccc(CSC2(P(=O)(OCC)OCC)SC3(CCCCCCCCCCC45C=CC(C4)C(SCc4ccc(C(=O)OCCOC(C)=O)cc4)(P(=O)(OCC)OCC)S5)C=CC2C3)cc1. The molecular weight excluding hydrogens is 1090 g/mol. The van der Waals surface area contributed by atoms with E-state index in [1.807, 2.05) is 52.0 Å². The number of hydrogen-bond donors (Lipinski definition) is 0. The molecule has 76 heavy (non-hydrogen) atoms. The molecule has 2 aliphatic carbocycles. The second-order valence-corrected chi connectivity index (χ2v) is 31.4. The van der Waals surface area contributed by atoms with Gasteiger partial charge in [0, 0.05) is 45.3 Å². The van der Waals surface area contributed by atoms with E-state index < -0.39 is 46.7 Å². The predicted molar refractivity (Wildman–Crippen MR) is 307 cm³/mol. The van der Waals surface area contributed by atoms with Crippen LogP contribution in [0.2, 0.25) is 0 Å².